The molecule has 4 heteroatoms. The van der Waals surface area contributed by atoms with Gasteiger partial charge in [-0.25, -0.2) is 4.98 Å². The van der Waals surface area contributed by atoms with Crippen molar-refractivity contribution in [3.63, 3.8) is 0 Å². The van der Waals surface area contributed by atoms with Crippen LogP contribution in [0.4, 0.5) is 11.5 Å². The number of hydrogen-bond donors (Lipinski definition) is 2. The molecule has 1 fully saturated rings. The van der Waals surface area contributed by atoms with Gasteiger partial charge in [0, 0.05) is 19.4 Å². The van der Waals surface area contributed by atoms with E-state index in [9.17, 15) is 0 Å². The lowest BCUT2D eigenvalue weighted by Gasteiger charge is -2.22. The normalized spacial score (nSPS) is 17.5. The van der Waals surface area contributed by atoms with E-state index >= 15 is 0 Å². The largest absolute Gasteiger partial charge is 0.396 e. The fraction of sp³-hybridized carbons (Fsp3) is 0.583. The van der Waals surface area contributed by atoms with Gasteiger partial charge < -0.3 is 16.2 Å². The standard InChI is InChI=1S/C12H19N3O/c13-11-10(3-6-15-12(11)14)2-1-9-4-7-16-8-5-9/h3,6,9H,1-2,4-5,7-8,13H2,(H2,14,15). The average molecular weight is 221 g/mol. The molecule has 0 amide bonds. The minimum atomic E-state index is 0.449. The van der Waals surface area contributed by atoms with Crippen molar-refractivity contribution in [1.82, 2.24) is 4.98 Å². The molecule has 0 aromatic carbocycles. The van der Waals surface area contributed by atoms with Crippen LogP contribution in [0, 0.1) is 5.92 Å². The number of rotatable bonds is 3. The Morgan fingerprint density at radius 2 is 2.06 bits per heavy atom. The Labute approximate surface area is 96.0 Å². The Hall–Kier alpha value is -1.29. The third-order valence-electron chi connectivity index (χ3n) is 3.27. The molecule has 2 rings (SSSR count). The first-order chi connectivity index (χ1) is 7.77. The fourth-order valence-electron chi connectivity index (χ4n) is 2.14. The van der Waals surface area contributed by atoms with Crippen molar-refractivity contribution in [3.8, 4) is 0 Å². The number of nitrogen functional groups attached to an aromatic ring is 2. The maximum Gasteiger partial charge on any atom is 0.146 e. The third kappa shape index (κ3) is 2.64. The highest BCUT2D eigenvalue weighted by Crippen LogP contribution is 2.24. The molecule has 0 bridgehead atoms. The van der Waals surface area contributed by atoms with Crippen LogP contribution in [-0.2, 0) is 11.2 Å². The van der Waals surface area contributed by atoms with Crippen LogP contribution in [-0.4, -0.2) is 18.2 Å². The Balaban J connectivity index is 1.91. The summed E-state index contributed by atoms with van der Waals surface area (Å²) in [7, 11) is 0. The molecule has 1 aliphatic heterocycles. The Morgan fingerprint density at radius 3 is 2.81 bits per heavy atom. The molecule has 4 N–H and O–H groups in total. The van der Waals surface area contributed by atoms with Crippen molar-refractivity contribution < 1.29 is 4.74 Å². The average Bonchev–Trinajstić information content (AvgIpc) is 2.32. The number of hydrogen-bond acceptors (Lipinski definition) is 4. The summed E-state index contributed by atoms with van der Waals surface area (Å²) >= 11 is 0. The van der Waals surface area contributed by atoms with Gasteiger partial charge in [0.25, 0.3) is 0 Å². The molecule has 0 atom stereocenters. The first-order valence-electron chi connectivity index (χ1n) is 5.84. The second-order valence-corrected chi connectivity index (χ2v) is 4.36. The summed E-state index contributed by atoms with van der Waals surface area (Å²) in [5.74, 6) is 1.21. The molecular weight excluding hydrogens is 202 g/mol. The summed E-state index contributed by atoms with van der Waals surface area (Å²) < 4.78 is 5.34. The van der Waals surface area contributed by atoms with Crippen molar-refractivity contribution in [2.45, 2.75) is 25.7 Å². The summed E-state index contributed by atoms with van der Waals surface area (Å²) in [6, 6.07) is 1.96. The predicted octanol–water partition coefficient (Wildman–Crippen LogP) is 1.61. The SMILES string of the molecule is Nc1nccc(CCC2CCOCC2)c1N. The van der Waals surface area contributed by atoms with Crippen molar-refractivity contribution in [2.75, 3.05) is 24.7 Å². The predicted molar refractivity (Wildman–Crippen MR) is 64.9 cm³/mol. The molecule has 1 aromatic rings. The van der Waals surface area contributed by atoms with E-state index < -0.39 is 0 Å². The summed E-state index contributed by atoms with van der Waals surface area (Å²) in [5.41, 5.74) is 13.3. The van der Waals surface area contributed by atoms with Gasteiger partial charge in [-0.3, -0.25) is 0 Å². The summed E-state index contributed by atoms with van der Waals surface area (Å²) in [6.07, 6.45) is 6.21. The number of pyridine rings is 1. The zero-order valence-electron chi connectivity index (χ0n) is 9.48. The van der Waals surface area contributed by atoms with E-state index in [4.69, 9.17) is 16.2 Å². The third-order valence-corrected chi connectivity index (χ3v) is 3.27. The van der Waals surface area contributed by atoms with Crippen molar-refractivity contribution >= 4 is 11.5 Å². The lowest BCUT2D eigenvalue weighted by molar-refractivity contribution is 0.0640. The molecular formula is C12H19N3O. The lowest BCUT2D eigenvalue weighted by atomic mass is 9.93. The van der Waals surface area contributed by atoms with Crippen LogP contribution >= 0.6 is 0 Å². The highest BCUT2D eigenvalue weighted by molar-refractivity contribution is 5.62. The van der Waals surface area contributed by atoms with Crippen molar-refractivity contribution in [1.29, 1.82) is 0 Å². The first kappa shape index (κ1) is 11.2. The number of anilines is 2. The quantitative estimate of drug-likeness (QED) is 0.813. The van der Waals surface area contributed by atoms with Gasteiger partial charge >= 0.3 is 0 Å². The molecule has 0 aliphatic carbocycles. The van der Waals surface area contributed by atoms with Crippen LogP contribution in [0.1, 0.15) is 24.8 Å². The molecule has 1 aromatic heterocycles. The van der Waals surface area contributed by atoms with Crippen LogP contribution in [0.25, 0.3) is 0 Å². The minimum absolute atomic E-state index is 0.449. The number of nitrogens with two attached hydrogens (primary N) is 2. The molecule has 0 radical (unpaired) electrons. The second-order valence-electron chi connectivity index (χ2n) is 4.36. The van der Waals surface area contributed by atoms with E-state index in [0.717, 1.165) is 37.5 Å². The van der Waals surface area contributed by atoms with E-state index in [0.29, 0.717) is 11.5 Å². The van der Waals surface area contributed by atoms with Gasteiger partial charge in [0.05, 0.1) is 5.69 Å². The van der Waals surface area contributed by atoms with Gasteiger partial charge in [-0.05, 0) is 43.2 Å². The number of aryl methyl sites for hydroxylation is 1. The molecule has 16 heavy (non-hydrogen) atoms. The van der Waals surface area contributed by atoms with Gasteiger partial charge in [0.1, 0.15) is 5.82 Å². The van der Waals surface area contributed by atoms with E-state index in [-0.39, 0.29) is 0 Å². The Bertz CT molecular complexity index is 348. The maximum atomic E-state index is 5.89. The maximum absolute atomic E-state index is 5.89. The summed E-state index contributed by atoms with van der Waals surface area (Å²) in [5, 5.41) is 0. The minimum Gasteiger partial charge on any atom is -0.396 e. The Morgan fingerprint density at radius 1 is 1.31 bits per heavy atom. The van der Waals surface area contributed by atoms with E-state index in [2.05, 4.69) is 4.98 Å². The first-order valence-corrected chi connectivity index (χ1v) is 5.84. The molecule has 88 valence electrons. The van der Waals surface area contributed by atoms with Crippen LogP contribution in [0.3, 0.4) is 0 Å². The molecule has 1 aliphatic rings. The zero-order valence-corrected chi connectivity index (χ0v) is 9.48. The van der Waals surface area contributed by atoms with Gasteiger partial charge in [-0.2, -0.15) is 0 Å². The molecule has 0 unspecified atom stereocenters. The number of nitrogens with zero attached hydrogens (tertiary/aromatic N) is 1. The van der Waals surface area contributed by atoms with Gasteiger partial charge in [0.15, 0.2) is 0 Å². The summed E-state index contributed by atoms with van der Waals surface area (Å²) in [4.78, 5) is 3.97. The van der Waals surface area contributed by atoms with Crippen LogP contribution in [0.15, 0.2) is 12.3 Å². The summed E-state index contributed by atoms with van der Waals surface area (Å²) in [6.45, 7) is 1.80. The second kappa shape index (κ2) is 5.16. The van der Waals surface area contributed by atoms with Gasteiger partial charge in [-0.1, -0.05) is 0 Å². The Kier molecular flexibility index (Phi) is 3.62. The van der Waals surface area contributed by atoms with Crippen LogP contribution < -0.4 is 11.5 Å². The number of ether oxygens (including phenoxy) is 1. The topological polar surface area (TPSA) is 74.2 Å². The number of aromatic nitrogens is 1. The van der Waals surface area contributed by atoms with Crippen molar-refractivity contribution in [2.24, 2.45) is 5.92 Å². The van der Waals surface area contributed by atoms with Gasteiger partial charge in [-0.15, -0.1) is 0 Å². The zero-order chi connectivity index (χ0) is 11.4. The highest BCUT2D eigenvalue weighted by atomic mass is 16.5. The smallest absolute Gasteiger partial charge is 0.146 e. The van der Waals surface area contributed by atoms with Crippen LogP contribution in [0.2, 0.25) is 0 Å². The molecule has 1 saturated heterocycles. The van der Waals surface area contributed by atoms with E-state index in [1.807, 2.05) is 6.07 Å². The van der Waals surface area contributed by atoms with Crippen LogP contribution in [0.5, 0.6) is 0 Å². The highest BCUT2D eigenvalue weighted by Gasteiger charge is 2.14. The molecule has 4 nitrogen and oxygen atoms in total. The fourth-order valence-corrected chi connectivity index (χ4v) is 2.14. The van der Waals surface area contributed by atoms with Crippen molar-refractivity contribution in [3.05, 3.63) is 17.8 Å². The molecule has 2 heterocycles. The van der Waals surface area contributed by atoms with E-state index in [1.165, 1.54) is 12.8 Å². The monoisotopic (exact) mass is 221 g/mol. The molecule has 0 saturated carbocycles. The lowest BCUT2D eigenvalue weighted by Crippen LogP contribution is -2.16. The molecule has 0 spiro atoms. The van der Waals surface area contributed by atoms with E-state index in [1.54, 1.807) is 6.20 Å². The van der Waals surface area contributed by atoms with Gasteiger partial charge in [0.2, 0.25) is 0 Å².